The molecule has 1 saturated heterocycles. The minimum atomic E-state index is -0.253. The molecule has 0 saturated carbocycles. The number of aliphatic hydroxyl groups excluding tert-OH is 1. The molecule has 1 fully saturated rings. The van der Waals surface area contributed by atoms with Crippen LogP contribution in [0.2, 0.25) is 0 Å². The lowest BCUT2D eigenvalue weighted by molar-refractivity contribution is -0.115. The number of hydrogen-bond donors (Lipinski definition) is 1. The maximum atomic E-state index is 11.0. The van der Waals surface area contributed by atoms with Gasteiger partial charge in [-0.3, -0.25) is 4.79 Å². The first kappa shape index (κ1) is 11.0. The first-order chi connectivity index (χ1) is 6.99. The molecule has 0 aromatic heterocycles. The van der Waals surface area contributed by atoms with Crippen LogP contribution in [0.3, 0.4) is 0 Å². The third-order valence-electron chi connectivity index (χ3n) is 2.99. The number of aliphatic imine (C=N–C) groups is 1. The second-order valence-electron chi connectivity index (χ2n) is 4.79. The number of nitrogens with zero attached hydrogens (tertiary/aromatic N) is 2. The minimum absolute atomic E-state index is 0.0427. The third kappa shape index (κ3) is 2.18. The van der Waals surface area contributed by atoms with Gasteiger partial charge in [-0.15, -0.1) is 0 Å². The highest BCUT2D eigenvalue weighted by molar-refractivity contribution is 8.14. The summed E-state index contributed by atoms with van der Waals surface area (Å²) in [6.45, 7) is 5.66. The summed E-state index contributed by atoms with van der Waals surface area (Å²) >= 11 is 1.50. The SMILES string of the molecule is CC1(C)CN(C2=NC(=O)CS2)CCC1O. The van der Waals surface area contributed by atoms with E-state index in [0.717, 1.165) is 24.7 Å². The maximum absolute atomic E-state index is 11.0. The summed E-state index contributed by atoms with van der Waals surface area (Å²) in [5.74, 6) is 0.424. The van der Waals surface area contributed by atoms with Gasteiger partial charge in [0.25, 0.3) is 5.91 Å². The zero-order valence-corrected chi connectivity index (χ0v) is 9.88. The van der Waals surface area contributed by atoms with Gasteiger partial charge in [0.1, 0.15) is 0 Å². The molecule has 2 aliphatic heterocycles. The van der Waals surface area contributed by atoms with Crippen LogP contribution in [0.4, 0.5) is 0 Å². The molecule has 1 unspecified atom stereocenters. The smallest absolute Gasteiger partial charge is 0.258 e. The fourth-order valence-electron chi connectivity index (χ4n) is 1.97. The molecule has 0 bridgehead atoms. The van der Waals surface area contributed by atoms with Crippen molar-refractivity contribution in [3.05, 3.63) is 0 Å². The lowest BCUT2D eigenvalue weighted by Crippen LogP contribution is -2.49. The Kier molecular flexibility index (Phi) is 2.77. The van der Waals surface area contributed by atoms with Gasteiger partial charge in [0, 0.05) is 18.5 Å². The van der Waals surface area contributed by atoms with Crippen molar-refractivity contribution >= 4 is 22.8 Å². The Morgan fingerprint density at radius 2 is 2.33 bits per heavy atom. The Labute approximate surface area is 93.7 Å². The van der Waals surface area contributed by atoms with Crippen molar-refractivity contribution in [1.82, 2.24) is 4.90 Å². The second kappa shape index (κ2) is 3.79. The van der Waals surface area contributed by atoms with Crippen LogP contribution in [0.1, 0.15) is 20.3 Å². The molecule has 0 radical (unpaired) electrons. The summed E-state index contributed by atoms with van der Waals surface area (Å²) in [7, 11) is 0. The van der Waals surface area contributed by atoms with E-state index >= 15 is 0 Å². The number of hydrogen-bond acceptors (Lipinski definition) is 4. The number of carbonyl (C=O) groups is 1. The van der Waals surface area contributed by atoms with E-state index in [2.05, 4.69) is 9.89 Å². The summed E-state index contributed by atoms with van der Waals surface area (Å²) in [6, 6.07) is 0. The van der Waals surface area contributed by atoms with Gasteiger partial charge >= 0.3 is 0 Å². The highest BCUT2D eigenvalue weighted by atomic mass is 32.2. The predicted octanol–water partition coefficient (Wildman–Crippen LogP) is 0.709. The van der Waals surface area contributed by atoms with E-state index in [1.807, 2.05) is 13.8 Å². The van der Waals surface area contributed by atoms with Crippen molar-refractivity contribution < 1.29 is 9.90 Å². The number of rotatable bonds is 0. The van der Waals surface area contributed by atoms with Crippen molar-refractivity contribution in [3.8, 4) is 0 Å². The fourth-order valence-corrected chi connectivity index (χ4v) is 2.79. The summed E-state index contributed by atoms with van der Waals surface area (Å²) in [4.78, 5) is 17.1. The van der Waals surface area contributed by atoms with Gasteiger partial charge in [-0.25, -0.2) is 0 Å². The van der Waals surface area contributed by atoms with E-state index in [4.69, 9.17) is 0 Å². The molecule has 1 N–H and O–H groups in total. The van der Waals surface area contributed by atoms with Crippen molar-refractivity contribution in [2.45, 2.75) is 26.4 Å². The molecular weight excluding hydrogens is 212 g/mol. The third-order valence-corrected chi connectivity index (χ3v) is 3.99. The summed E-state index contributed by atoms with van der Waals surface area (Å²) in [5.41, 5.74) is -0.118. The van der Waals surface area contributed by atoms with Crippen LogP contribution in [0.25, 0.3) is 0 Å². The number of amidine groups is 1. The highest BCUT2D eigenvalue weighted by Gasteiger charge is 2.36. The molecule has 15 heavy (non-hydrogen) atoms. The maximum Gasteiger partial charge on any atom is 0.258 e. The Hall–Kier alpha value is -0.550. The standard InChI is InChI=1S/C10H16N2O2S/c1-10(2)6-12(4-3-7(10)13)9-11-8(14)5-15-9/h7,13H,3-6H2,1-2H3. The normalized spacial score (nSPS) is 30.6. The molecule has 1 atom stereocenters. The van der Waals surface area contributed by atoms with Crippen LogP contribution in [0.15, 0.2) is 4.99 Å². The molecule has 0 spiro atoms. The summed E-state index contributed by atoms with van der Waals surface area (Å²) in [6.07, 6.45) is 0.497. The topological polar surface area (TPSA) is 52.9 Å². The van der Waals surface area contributed by atoms with Crippen molar-refractivity contribution in [3.63, 3.8) is 0 Å². The van der Waals surface area contributed by atoms with E-state index in [9.17, 15) is 9.90 Å². The van der Waals surface area contributed by atoms with E-state index < -0.39 is 0 Å². The quantitative estimate of drug-likeness (QED) is 0.663. The number of piperidine rings is 1. The molecule has 0 aliphatic carbocycles. The Balaban J connectivity index is 2.07. The number of amides is 1. The Bertz CT molecular complexity index is 315. The van der Waals surface area contributed by atoms with Crippen LogP contribution in [-0.2, 0) is 4.79 Å². The van der Waals surface area contributed by atoms with Crippen molar-refractivity contribution in [2.75, 3.05) is 18.8 Å². The average Bonchev–Trinajstić information content (AvgIpc) is 2.57. The molecule has 2 rings (SSSR count). The summed E-state index contributed by atoms with van der Waals surface area (Å²) < 4.78 is 0. The van der Waals surface area contributed by atoms with Gasteiger partial charge in [0.05, 0.1) is 11.9 Å². The Morgan fingerprint density at radius 3 is 2.87 bits per heavy atom. The Morgan fingerprint density at radius 1 is 1.60 bits per heavy atom. The molecule has 5 heteroatoms. The van der Waals surface area contributed by atoms with E-state index in [1.165, 1.54) is 11.8 Å². The van der Waals surface area contributed by atoms with Crippen LogP contribution >= 0.6 is 11.8 Å². The van der Waals surface area contributed by atoms with Crippen LogP contribution in [0.5, 0.6) is 0 Å². The van der Waals surface area contributed by atoms with Crippen LogP contribution in [0, 0.1) is 5.41 Å². The molecule has 2 heterocycles. The van der Waals surface area contributed by atoms with Gasteiger partial charge in [-0.05, 0) is 6.42 Å². The molecule has 2 aliphatic rings. The number of aliphatic hydroxyl groups is 1. The van der Waals surface area contributed by atoms with Crippen molar-refractivity contribution in [2.24, 2.45) is 10.4 Å². The van der Waals surface area contributed by atoms with Gasteiger partial charge < -0.3 is 10.0 Å². The fraction of sp³-hybridized carbons (Fsp3) is 0.800. The molecule has 4 nitrogen and oxygen atoms in total. The second-order valence-corrected chi connectivity index (χ2v) is 5.73. The van der Waals surface area contributed by atoms with Gasteiger partial charge in [-0.1, -0.05) is 25.6 Å². The molecule has 1 amide bonds. The van der Waals surface area contributed by atoms with Crippen LogP contribution < -0.4 is 0 Å². The number of carbonyl (C=O) groups excluding carboxylic acids is 1. The van der Waals surface area contributed by atoms with Gasteiger partial charge in [0.2, 0.25) is 0 Å². The highest BCUT2D eigenvalue weighted by Crippen LogP contribution is 2.31. The minimum Gasteiger partial charge on any atom is -0.392 e. The predicted molar refractivity (Wildman–Crippen MR) is 60.9 cm³/mol. The monoisotopic (exact) mass is 228 g/mol. The lowest BCUT2D eigenvalue weighted by Gasteiger charge is -2.42. The van der Waals surface area contributed by atoms with E-state index in [-0.39, 0.29) is 17.4 Å². The summed E-state index contributed by atoms with van der Waals surface area (Å²) in [5, 5.41) is 10.6. The first-order valence-electron chi connectivity index (χ1n) is 5.16. The molecular formula is C10H16N2O2S. The molecule has 84 valence electrons. The number of likely N-dealkylation sites (tertiary alicyclic amines) is 1. The lowest BCUT2D eigenvalue weighted by atomic mass is 9.81. The van der Waals surface area contributed by atoms with Gasteiger partial charge in [-0.2, -0.15) is 4.99 Å². The first-order valence-corrected chi connectivity index (χ1v) is 6.15. The van der Waals surface area contributed by atoms with E-state index in [0.29, 0.717) is 5.75 Å². The largest absolute Gasteiger partial charge is 0.392 e. The number of thioether (sulfide) groups is 1. The molecule has 0 aromatic carbocycles. The van der Waals surface area contributed by atoms with Gasteiger partial charge in [0.15, 0.2) is 5.17 Å². The zero-order chi connectivity index (χ0) is 11.1. The van der Waals surface area contributed by atoms with Crippen molar-refractivity contribution in [1.29, 1.82) is 0 Å². The van der Waals surface area contributed by atoms with E-state index in [1.54, 1.807) is 0 Å². The zero-order valence-electron chi connectivity index (χ0n) is 9.06. The average molecular weight is 228 g/mol. The molecule has 0 aromatic rings. The van der Waals surface area contributed by atoms with Crippen LogP contribution in [-0.4, -0.2) is 46.0 Å².